The summed E-state index contributed by atoms with van der Waals surface area (Å²) in [6, 6.07) is 6.58. The lowest BCUT2D eigenvalue weighted by atomic mass is 10.1. The molecule has 8 heteroatoms. The smallest absolute Gasteiger partial charge is 0.248 e. The van der Waals surface area contributed by atoms with E-state index >= 15 is 0 Å². The highest BCUT2D eigenvalue weighted by Gasteiger charge is 2.22. The van der Waals surface area contributed by atoms with Gasteiger partial charge in [0.2, 0.25) is 5.91 Å². The molecule has 3 fully saturated rings. The molecule has 2 aromatic rings. The average Bonchev–Trinajstić information content (AvgIpc) is 3.33. The number of amides is 1. The van der Waals surface area contributed by atoms with Gasteiger partial charge >= 0.3 is 0 Å². The van der Waals surface area contributed by atoms with Gasteiger partial charge in [0.25, 0.3) is 0 Å². The van der Waals surface area contributed by atoms with Crippen molar-refractivity contribution in [2.24, 2.45) is 0 Å². The molecule has 0 bridgehead atoms. The van der Waals surface area contributed by atoms with Gasteiger partial charge in [0.15, 0.2) is 0 Å². The van der Waals surface area contributed by atoms with E-state index in [1.165, 1.54) is 18.5 Å². The third kappa shape index (κ3) is 4.06. The number of benzene rings is 1. The molecule has 1 aromatic carbocycles. The van der Waals surface area contributed by atoms with Gasteiger partial charge in [-0.15, -0.1) is 0 Å². The Bertz CT molecular complexity index is 892. The van der Waals surface area contributed by atoms with Gasteiger partial charge in [-0.3, -0.25) is 9.69 Å². The second kappa shape index (κ2) is 8.73. The summed E-state index contributed by atoms with van der Waals surface area (Å²) in [4.78, 5) is 30.2. The molecular weight excluding hydrogens is 380 g/mol. The molecule has 160 valence electrons. The molecule has 0 N–H and O–H groups in total. The normalized spacial score (nSPS) is 21.1. The summed E-state index contributed by atoms with van der Waals surface area (Å²) < 4.78 is 5.21. The van der Waals surface area contributed by atoms with Crippen LogP contribution in [0.5, 0.6) is 0 Å². The van der Waals surface area contributed by atoms with Crippen LogP contribution in [0.2, 0.25) is 0 Å². The quantitative estimate of drug-likeness (QED) is 0.734. The maximum absolute atomic E-state index is 11.9. The summed E-state index contributed by atoms with van der Waals surface area (Å²) in [5.74, 6) is 1.19. The maximum atomic E-state index is 11.9. The van der Waals surface area contributed by atoms with Crippen LogP contribution < -0.4 is 9.80 Å². The summed E-state index contributed by atoms with van der Waals surface area (Å²) in [6.45, 7) is 9.54. The Hall–Kier alpha value is -2.45. The Balaban J connectivity index is 1.22. The van der Waals surface area contributed by atoms with Crippen LogP contribution in [0.25, 0.3) is 10.9 Å². The number of hydrogen-bond donors (Lipinski definition) is 0. The standard InChI is InChI=1S/C22H30N6O2/c29-21-16-30-14-13-27(21)12-9-25-7-10-26(11-8-25)18-3-4-20-19(15-18)22(24-17-23-20)28-5-1-2-6-28/h3-4,15,17H,1-2,5-14,16H2. The summed E-state index contributed by atoms with van der Waals surface area (Å²) in [5.41, 5.74) is 2.27. The number of morpholine rings is 1. The number of carbonyl (C=O) groups is 1. The molecule has 1 aromatic heterocycles. The number of carbonyl (C=O) groups excluding carboxylic acids is 1. The van der Waals surface area contributed by atoms with Crippen LogP contribution in [0.15, 0.2) is 24.5 Å². The van der Waals surface area contributed by atoms with Gasteiger partial charge in [-0.05, 0) is 31.0 Å². The van der Waals surface area contributed by atoms with Crippen molar-refractivity contribution in [1.82, 2.24) is 19.8 Å². The Morgan fingerprint density at radius 3 is 2.53 bits per heavy atom. The van der Waals surface area contributed by atoms with Crippen LogP contribution >= 0.6 is 0 Å². The van der Waals surface area contributed by atoms with Crippen molar-refractivity contribution in [1.29, 1.82) is 0 Å². The predicted molar refractivity (Wildman–Crippen MR) is 117 cm³/mol. The molecule has 3 aliphatic rings. The highest BCUT2D eigenvalue weighted by Crippen LogP contribution is 2.29. The van der Waals surface area contributed by atoms with Gasteiger partial charge in [-0.2, -0.15) is 0 Å². The van der Waals surface area contributed by atoms with Crippen molar-refractivity contribution in [3.63, 3.8) is 0 Å². The number of ether oxygens (including phenoxy) is 1. The van der Waals surface area contributed by atoms with Gasteiger partial charge in [0.1, 0.15) is 18.8 Å². The number of hydrogen-bond acceptors (Lipinski definition) is 7. The number of aromatic nitrogens is 2. The Labute approximate surface area is 177 Å². The van der Waals surface area contributed by atoms with E-state index in [1.807, 2.05) is 4.90 Å². The van der Waals surface area contributed by atoms with Gasteiger partial charge in [-0.1, -0.05) is 0 Å². The monoisotopic (exact) mass is 410 g/mol. The number of nitrogens with zero attached hydrogens (tertiary/aromatic N) is 6. The average molecular weight is 411 g/mol. The van der Waals surface area contributed by atoms with Crippen molar-refractivity contribution >= 4 is 28.3 Å². The highest BCUT2D eigenvalue weighted by atomic mass is 16.5. The van der Waals surface area contributed by atoms with Crippen molar-refractivity contribution < 1.29 is 9.53 Å². The number of fused-ring (bicyclic) bond motifs is 1. The van der Waals surface area contributed by atoms with Crippen LogP contribution in [0.4, 0.5) is 11.5 Å². The van der Waals surface area contributed by atoms with Gasteiger partial charge in [-0.25, -0.2) is 9.97 Å². The Morgan fingerprint density at radius 1 is 0.900 bits per heavy atom. The maximum Gasteiger partial charge on any atom is 0.248 e. The van der Waals surface area contributed by atoms with Gasteiger partial charge in [0, 0.05) is 70.0 Å². The van der Waals surface area contributed by atoms with E-state index in [0.29, 0.717) is 6.61 Å². The lowest BCUT2D eigenvalue weighted by molar-refractivity contribution is -0.142. The Kier molecular flexibility index (Phi) is 5.68. The molecular formula is C22H30N6O2. The molecule has 0 unspecified atom stereocenters. The SMILES string of the molecule is O=C1COCCN1CCN1CCN(c2ccc3ncnc(N4CCCC4)c3c2)CC1. The minimum Gasteiger partial charge on any atom is -0.370 e. The largest absolute Gasteiger partial charge is 0.370 e. The summed E-state index contributed by atoms with van der Waals surface area (Å²) in [6.07, 6.45) is 4.17. The Morgan fingerprint density at radius 2 is 1.73 bits per heavy atom. The molecule has 1 amide bonds. The minimum atomic E-state index is 0.118. The van der Waals surface area contributed by atoms with Crippen molar-refractivity contribution in [2.45, 2.75) is 12.8 Å². The van der Waals surface area contributed by atoms with Gasteiger partial charge < -0.3 is 19.4 Å². The van der Waals surface area contributed by atoms with E-state index in [1.54, 1.807) is 6.33 Å². The lowest BCUT2D eigenvalue weighted by Gasteiger charge is -2.37. The van der Waals surface area contributed by atoms with Crippen LogP contribution in [0.3, 0.4) is 0 Å². The predicted octanol–water partition coefficient (Wildman–Crippen LogP) is 1.21. The number of anilines is 2. The molecule has 5 rings (SSSR count). The third-order valence-electron chi connectivity index (χ3n) is 6.51. The zero-order chi connectivity index (χ0) is 20.3. The summed E-state index contributed by atoms with van der Waals surface area (Å²) in [7, 11) is 0. The minimum absolute atomic E-state index is 0.118. The first-order valence-corrected chi connectivity index (χ1v) is 11.1. The molecule has 0 saturated carbocycles. The molecule has 0 aliphatic carbocycles. The van der Waals surface area contributed by atoms with Crippen molar-refractivity contribution in [2.75, 3.05) is 81.9 Å². The topological polar surface area (TPSA) is 65.0 Å². The van der Waals surface area contributed by atoms with E-state index in [-0.39, 0.29) is 12.5 Å². The molecule has 8 nitrogen and oxygen atoms in total. The zero-order valence-corrected chi connectivity index (χ0v) is 17.5. The molecule has 3 saturated heterocycles. The van der Waals surface area contributed by atoms with Crippen LogP contribution in [-0.2, 0) is 9.53 Å². The molecule has 3 aliphatic heterocycles. The highest BCUT2D eigenvalue weighted by molar-refractivity contribution is 5.92. The molecule has 4 heterocycles. The summed E-state index contributed by atoms with van der Waals surface area (Å²) in [5, 5.41) is 1.16. The lowest BCUT2D eigenvalue weighted by Crippen LogP contribution is -2.50. The van der Waals surface area contributed by atoms with Crippen LogP contribution in [0.1, 0.15) is 12.8 Å². The van der Waals surface area contributed by atoms with Crippen molar-refractivity contribution in [3.8, 4) is 0 Å². The third-order valence-corrected chi connectivity index (χ3v) is 6.51. The van der Waals surface area contributed by atoms with Crippen LogP contribution in [-0.4, -0.2) is 97.8 Å². The molecule has 0 radical (unpaired) electrons. The van der Waals surface area contributed by atoms with E-state index < -0.39 is 0 Å². The van der Waals surface area contributed by atoms with Gasteiger partial charge in [0.05, 0.1) is 12.1 Å². The second-order valence-electron chi connectivity index (χ2n) is 8.35. The van der Waals surface area contributed by atoms with E-state index in [9.17, 15) is 4.79 Å². The van der Waals surface area contributed by atoms with Crippen LogP contribution in [0, 0.1) is 0 Å². The van der Waals surface area contributed by atoms with E-state index in [4.69, 9.17) is 4.74 Å². The number of piperazine rings is 1. The molecule has 0 spiro atoms. The zero-order valence-electron chi connectivity index (χ0n) is 17.5. The molecule has 30 heavy (non-hydrogen) atoms. The second-order valence-corrected chi connectivity index (χ2v) is 8.35. The van der Waals surface area contributed by atoms with Crippen molar-refractivity contribution in [3.05, 3.63) is 24.5 Å². The first-order valence-electron chi connectivity index (χ1n) is 11.1. The number of rotatable bonds is 5. The molecule has 0 atom stereocenters. The fourth-order valence-corrected chi connectivity index (χ4v) is 4.69. The van der Waals surface area contributed by atoms with E-state index in [0.717, 1.165) is 75.6 Å². The van der Waals surface area contributed by atoms with E-state index in [2.05, 4.69) is 42.9 Å². The first kappa shape index (κ1) is 19.5. The summed E-state index contributed by atoms with van der Waals surface area (Å²) >= 11 is 0. The first-order chi connectivity index (χ1) is 14.8. The fraction of sp³-hybridized carbons (Fsp3) is 0.591. The fourth-order valence-electron chi connectivity index (χ4n) is 4.69.